The molecule has 7 rings (SSSR count). The summed E-state index contributed by atoms with van der Waals surface area (Å²) < 4.78 is 24.1. The largest absolute Gasteiger partial charge is 0.396 e. The molecule has 0 aromatic heterocycles. The van der Waals surface area contributed by atoms with Crippen LogP contribution in [0.1, 0.15) is 98.8 Å². The summed E-state index contributed by atoms with van der Waals surface area (Å²) in [6.07, 6.45) is -3.34. The fourth-order valence-electron chi connectivity index (χ4n) is 13.9. The zero-order chi connectivity index (χ0) is 40.8. The Labute approximate surface area is 330 Å². The average molecular weight is 799 g/mol. The molecule has 19 atom stereocenters. The van der Waals surface area contributed by atoms with E-state index in [9.17, 15) is 51.1 Å². The molecule has 0 aromatic rings. The van der Waals surface area contributed by atoms with Crippen molar-refractivity contribution in [3.05, 3.63) is 11.6 Å². The Morgan fingerprint density at radius 3 is 1.88 bits per heavy atom. The van der Waals surface area contributed by atoms with Gasteiger partial charge in [0.05, 0.1) is 32.5 Å². The monoisotopic (exact) mass is 798 g/mol. The van der Waals surface area contributed by atoms with Gasteiger partial charge < -0.3 is 70.0 Å². The number of aliphatic hydroxyl groups is 10. The van der Waals surface area contributed by atoms with Crippen molar-refractivity contribution in [1.82, 2.24) is 0 Å². The Bertz CT molecular complexity index is 1440. The number of aliphatic hydroxyl groups excluding tert-OH is 10. The average Bonchev–Trinajstić information content (AvgIpc) is 3.17. The molecule has 0 unspecified atom stereocenters. The Kier molecular flexibility index (Phi) is 11.8. The molecule has 0 aromatic carbocycles. The van der Waals surface area contributed by atoms with Crippen molar-refractivity contribution in [1.29, 1.82) is 0 Å². The second-order valence-corrected chi connectivity index (χ2v) is 20.5. The molecule has 7 aliphatic rings. The molecule has 0 bridgehead atoms. The van der Waals surface area contributed by atoms with E-state index in [1.165, 1.54) is 5.57 Å². The standard InChI is InChI=1S/C42H70O14/c1-37(2)26-8-11-40(5)27(39(26,4)10-9-28(37)56-36-34(52)32(50)30(48)25(18-44)55-36)7-6-22-23-16-38(3,12-13-41(23,19-45)14-15-42(22,40)20-46)21-53-35-33(51)31(49)29(47)24(17-43)54-35/h6,23-36,43-52H,7-21H2,1-5H3/t23-,24+,25+,26-,27+,28-,29+,30+,31-,32-,33+,34+,35+,36-,38+,39-,40+,41+,42-/m0/s1. The first kappa shape index (κ1) is 43.3. The van der Waals surface area contributed by atoms with Crippen molar-refractivity contribution in [2.45, 2.75) is 166 Å². The fourth-order valence-corrected chi connectivity index (χ4v) is 13.9. The van der Waals surface area contributed by atoms with Gasteiger partial charge >= 0.3 is 0 Å². The molecule has 2 heterocycles. The summed E-state index contributed by atoms with van der Waals surface area (Å²) in [5, 5.41) is 105. The van der Waals surface area contributed by atoms with Crippen LogP contribution < -0.4 is 0 Å². The summed E-state index contributed by atoms with van der Waals surface area (Å²) in [5.74, 6) is 0.483. The van der Waals surface area contributed by atoms with Crippen LogP contribution in [0.5, 0.6) is 0 Å². The van der Waals surface area contributed by atoms with Crippen molar-refractivity contribution in [2.75, 3.05) is 33.0 Å². The highest BCUT2D eigenvalue weighted by atomic mass is 16.7. The molecular formula is C42H70O14. The lowest BCUT2D eigenvalue weighted by molar-refractivity contribution is -0.330. The van der Waals surface area contributed by atoms with Gasteiger partial charge in [0.2, 0.25) is 0 Å². The maximum Gasteiger partial charge on any atom is 0.186 e. The SMILES string of the molecule is CC1(C)[C@@H](O[C@@H]2O[C@H](CO)[C@@H](O)[C@H](O)[C@H]2O)CC[C@]2(C)[C@H]3CC=C4[C@@H]5C[C@](C)(CO[C@@H]6O[C@H](CO)[C@@H](O)[C@H](O)[C@H]6O)CC[C@]5(CO)CC[C@@]4(CO)[C@]3(C)CC[C@@H]12. The molecule has 10 N–H and O–H groups in total. The van der Waals surface area contributed by atoms with Crippen molar-refractivity contribution >= 4 is 0 Å². The molecule has 322 valence electrons. The van der Waals surface area contributed by atoms with Crippen LogP contribution in [0.2, 0.25) is 0 Å². The van der Waals surface area contributed by atoms with Gasteiger partial charge in [0.1, 0.15) is 48.8 Å². The van der Waals surface area contributed by atoms with E-state index in [0.717, 1.165) is 51.4 Å². The number of fused-ring (bicyclic) bond motifs is 7. The molecular weight excluding hydrogens is 728 g/mol. The van der Waals surface area contributed by atoms with Gasteiger partial charge in [-0.15, -0.1) is 0 Å². The molecule has 6 fully saturated rings. The molecule has 5 aliphatic carbocycles. The third-order valence-electron chi connectivity index (χ3n) is 17.5. The van der Waals surface area contributed by atoms with Crippen LogP contribution in [-0.2, 0) is 18.9 Å². The molecule has 2 saturated heterocycles. The van der Waals surface area contributed by atoms with Gasteiger partial charge in [0.25, 0.3) is 0 Å². The van der Waals surface area contributed by atoms with E-state index in [0.29, 0.717) is 12.8 Å². The normalized spacial score (nSPS) is 54.2. The van der Waals surface area contributed by atoms with Crippen molar-refractivity contribution in [3.8, 4) is 0 Å². The van der Waals surface area contributed by atoms with Crippen LogP contribution in [0, 0.1) is 50.2 Å². The number of hydrogen-bond acceptors (Lipinski definition) is 14. The summed E-state index contributed by atoms with van der Waals surface area (Å²) in [6.45, 7) is 10.6. The third kappa shape index (κ3) is 6.42. The lowest BCUT2D eigenvalue weighted by Crippen LogP contribution is -2.67. The number of hydrogen-bond donors (Lipinski definition) is 10. The summed E-state index contributed by atoms with van der Waals surface area (Å²) in [5.41, 5.74) is -0.655. The maximum absolute atomic E-state index is 11.7. The third-order valence-corrected chi connectivity index (χ3v) is 17.5. The summed E-state index contributed by atoms with van der Waals surface area (Å²) in [4.78, 5) is 0. The highest BCUT2D eigenvalue weighted by molar-refractivity contribution is 5.35. The smallest absolute Gasteiger partial charge is 0.186 e. The number of allylic oxidation sites excluding steroid dienone is 1. The molecule has 0 amide bonds. The number of rotatable bonds is 9. The molecule has 0 radical (unpaired) electrons. The van der Waals surface area contributed by atoms with E-state index in [1.54, 1.807) is 0 Å². The molecule has 14 nitrogen and oxygen atoms in total. The van der Waals surface area contributed by atoms with Gasteiger partial charge in [-0.25, -0.2) is 0 Å². The Morgan fingerprint density at radius 1 is 0.661 bits per heavy atom. The van der Waals surface area contributed by atoms with Gasteiger partial charge in [-0.05, 0) is 104 Å². The van der Waals surface area contributed by atoms with Gasteiger partial charge in [0.15, 0.2) is 12.6 Å². The lowest BCUT2D eigenvalue weighted by atomic mass is 9.33. The molecule has 4 saturated carbocycles. The van der Waals surface area contributed by atoms with Crippen LogP contribution in [0.25, 0.3) is 0 Å². The summed E-state index contributed by atoms with van der Waals surface area (Å²) >= 11 is 0. The Hall–Kier alpha value is -0.820. The molecule has 2 aliphatic heterocycles. The predicted molar refractivity (Wildman–Crippen MR) is 200 cm³/mol. The van der Waals surface area contributed by atoms with Gasteiger partial charge in [-0.3, -0.25) is 0 Å². The topological polar surface area (TPSA) is 239 Å². The second kappa shape index (κ2) is 15.3. The van der Waals surface area contributed by atoms with Crippen LogP contribution in [0.15, 0.2) is 11.6 Å². The first-order valence-electron chi connectivity index (χ1n) is 21.1. The van der Waals surface area contributed by atoms with Crippen LogP contribution in [0.3, 0.4) is 0 Å². The highest BCUT2D eigenvalue weighted by Crippen LogP contribution is 2.76. The van der Waals surface area contributed by atoms with E-state index in [-0.39, 0.29) is 70.8 Å². The van der Waals surface area contributed by atoms with Crippen LogP contribution >= 0.6 is 0 Å². The quantitative estimate of drug-likeness (QED) is 0.114. The van der Waals surface area contributed by atoms with Crippen LogP contribution in [0.4, 0.5) is 0 Å². The zero-order valence-electron chi connectivity index (χ0n) is 33.9. The van der Waals surface area contributed by atoms with E-state index in [1.807, 2.05) is 0 Å². The van der Waals surface area contributed by atoms with E-state index in [4.69, 9.17) is 18.9 Å². The predicted octanol–water partition coefficient (Wildman–Crippen LogP) is 0.735. The van der Waals surface area contributed by atoms with Gasteiger partial charge in [0, 0.05) is 17.4 Å². The number of ether oxygens (including phenoxy) is 4. The minimum atomic E-state index is -1.52. The van der Waals surface area contributed by atoms with Crippen molar-refractivity contribution in [3.63, 3.8) is 0 Å². The zero-order valence-corrected chi connectivity index (χ0v) is 33.9. The van der Waals surface area contributed by atoms with Gasteiger partial charge in [-0.1, -0.05) is 46.3 Å². The van der Waals surface area contributed by atoms with Gasteiger partial charge in [-0.2, -0.15) is 0 Å². The highest BCUT2D eigenvalue weighted by Gasteiger charge is 2.70. The molecule has 14 heteroatoms. The summed E-state index contributed by atoms with van der Waals surface area (Å²) in [7, 11) is 0. The Morgan fingerprint density at radius 2 is 1.27 bits per heavy atom. The fraction of sp³-hybridized carbons (Fsp3) is 0.952. The molecule has 56 heavy (non-hydrogen) atoms. The maximum atomic E-state index is 11.7. The first-order valence-corrected chi connectivity index (χ1v) is 21.1. The van der Waals surface area contributed by atoms with E-state index >= 15 is 0 Å². The minimum Gasteiger partial charge on any atom is -0.396 e. The molecule has 0 spiro atoms. The lowest BCUT2D eigenvalue weighted by Gasteiger charge is -2.72. The van der Waals surface area contributed by atoms with E-state index in [2.05, 4.69) is 40.7 Å². The van der Waals surface area contributed by atoms with E-state index < -0.39 is 80.0 Å². The minimum absolute atomic E-state index is 0.00651. The second-order valence-electron chi connectivity index (χ2n) is 20.5. The van der Waals surface area contributed by atoms with Crippen molar-refractivity contribution < 1.29 is 70.0 Å². The Balaban J connectivity index is 1.13. The van der Waals surface area contributed by atoms with Crippen molar-refractivity contribution in [2.24, 2.45) is 50.2 Å². The van der Waals surface area contributed by atoms with Crippen LogP contribution in [-0.4, -0.2) is 152 Å². The summed E-state index contributed by atoms with van der Waals surface area (Å²) in [6, 6.07) is 0. The first-order chi connectivity index (χ1) is 26.3.